The van der Waals surface area contributed by atoms with Gasteiger partial charge in [-0.1, -0.05) is 96.5 Å². The molecule has 6 nitrogen and oxygen atoms in total. The standard InChI is InChI=1S/C37H31ClN2O4/c38-29-18-19-34(40-21-20-25-8-4-5-9-28(25)24-40)32(22-29)37(43)39-33(23-36(41)42)27-16-14-26(15-17-27)31-12-6-7-13-35(31)44-30-10-2-1-3-11-30/h1-19,22,33H,20-21,23-24H2,(H,39,43)(H,41,42). The van der Waals surface area contributed by atoms with Crippen LogP contribution in [0, 0.1) is 0 Å². The van der Waals surface area contributed by atoms with Gasteiger partial charge in [0.05, 0.1) is 18.0 Å². The van der Waals surface area contributed by atoms with Gasteiger partial charge < -0.3 is 20.1 Å². The van der Waals surface area contributed by atoms with Crippen molar-refractivity contribution in [2.75, 3.05) is 11.4 Å². The maximum Gasteiger partial charge on any atom is 0.305 e. The Bertz CT molecular complexity index is 1790. The quantitative estimate of drug-likeness (QED) is 0.177. The van der Waals surface area contributed by atoms with Gasteiger partial charge in [-0.25, -0.2) is 0 Å². The molecule has 1 aliphatic rings. The van der Waals surface area contributed by atoms with E-state index >= 15 is 0 Å². The van der Waals surface area contributed by atoms with Crippen molar-refractivity contribution in [2.45, 2.75) is 25.4 Å². The first kappa shape index (κ1) is 29.0. The zero-order valence-corrected chi connectivity index (χ0v) is 24.7. The molecule has 2 N–H and O–H groups in total. The number of amides is 1. The average Bonchev–Trinajstić information content (AvgIpc) is 3.05. The number of benzene rings is 5. The summed E-state index contributed by atoms with van der Waals surface area (Å²) in [6, 6.07) is 37.7. The molecule has 7 heteroatoms. The lowest BCUT2D eigenvalue weighted by molar-refractivity contribution is -0.137. The molecular weight excluding hydrogens is 572 g/mol. The molecule has 1 amide bonds. The van der Waals surface area contributed by atoms with E-state index in [0.717, 1.165) is 35.5 Å². The number of halogens is 1. The van der Waals surface area contributed by atoms with Gasteiger partial charge in [-0.15, -0.1) is 0 Å². The molecule has 0 aliphatic carbocycles. The summed E-state index contributed by atoms with van der Waals surface area (Å²) in [7, 11) is 0. The van der Waals surface area contributed by atoms with Crippen LogP contribution >= 0.6 is 11.6 Å². The maximum atomic E-state index is 13.8. The van der Waals surface area contributed by atoms with Gasteiger partial charge >= 0.3 is 5.97 Å². The third-order valence-corrected chi connectivity index (χ3v) is 8.08. The largest absolute Gasteiger partial charge is 0.481 e. The number of rotatable bonds is 9. The predicted molar refractivity (Wildman–Crippen MR) is 174 cm³/mol. The fourth-order valence-electron chi connectivity index (χ4n) is 5.63. The number of anilines is 1. The Balaban J connectivity index is 1.25. The first-order valence-corrected chi connectivity index (χ1v) is 14.9. The summed E-state index contributed by atoms with van der Waals surface area (Å²) in [6.45, 7) is 1.43. The van der Waals surface area contributed by atoms with Crippen LogP contribution in [0.1, 0.15) is 39.5 Å². The maximum absolute atomic E-state index is 13.8. The van der Waals surface area contributed by atoms with Gasteiger partial charge in [0.15, 0.2) is 0 Å². The number of hydrogen-bond donors (Lipinski definition) is 2. The van der Waals surface area contributed by atoms with Crippen molar-refractivity contribution in [3.05, 3.63) is 149 Å². The lowest BCUT2D eigenvalue weighted by atomic mass is 9.97. The van der Waals surface area contributed by atoms with E-state index in [9.17, 15) is 14.7 Å². The smallest absolute Gasteiger partial charge is 0.305 e. The summed E-state index contributed by atoms with van der Waals surface area (Å²) in [5.41, 5.74) is 6.19. The van der Waals surface area contributed by atoms with Crippen molar-refractivity contribution in [1.82, 2.24) is 5.32 Å². The van der Waals surface area contributed by atoms with Crippen molar-refractivity contribution in [3.8, 4) is 22.6 Å². The molecule has 44 heavy (non-hydrogen) atoms. The molecule has 1 unspecified atom stereocenters. The van der Waals surface area contributed by atoms with Crippen LogP contribution in [0.2, 0.25) is 5.02 Å². The first-order valence-electron chi connectivity index (χ1n) is 14.5. The van der Waals surface area contributed by atoms with Crippen LogP contribution in [0.25, 0.3) is 11.1 Å². The Labute approximate surface area is 261 Å². The second-order valence-corrected chi connectivity index (χ2v) is 11.2. The molecule has 1 heterocycles. The zero-order valence-electron chi connectivity index (χ0n) is 23.9. The Kier molecular flexibility index (Phi) is 8.62. The number of fused-ring (bicyclic) bond motifs is 1. The molecule has 1 aliphatic heterocycles. The number of carbonyl (C=O) groups excluding carboxylic acids is 1. The van der Waals surface area contributed by atoms with Crippen LogP contribution in [-0.2, 0) is 17.8 Å². The van der Waals surface area contributed by atoms with Gasteiger partial charge in [-0.05, 0) is 65.1 Å². The van der Waals surface area contributed by atoms with Gasteiger partial charge in [-0.2, -0.15) is 0 Å². The highest BCUT2D eigenvalue weighted by Crippen LogP contribution is 2.35. The molecule has 0 radical (unpaired) electrons. The third-order valence-electron chi connectivity index (χ3n) is 7.84. The number of carboxylic acid groups (broad SMARTS) is 1. The number of carboxylic acids is 1. The third kappa shape index (κ3) is 6.61. The summed E-state index contributed by atoms with van der Waals surface area (Å²) < 4.78 is 6.14. The normalized spacial score (nSPS) is 13.1. The summed E-state index contributed by atoms with van der Waals surface area (Å²) in [6.07, 6.45) is 0.596. The molecule has 0 saturated carbocycles. The van der Waals surface area contributed by atoms with E-state index in [1.165, 1.54) is 11.1 Å². The summed E-state index contributed by atoms with van der Waals surface area (Å²) in [4.78, 5) is 27.8. The summed E-state index contributed by atoms with van der Waals surface area (Å²) in [5.74, 6) is 0.0452. The minimum absolute atomic E-state index is 0.272. The van der Waals surface area contributed by atoms with E-state index in [2.05, 4.69) is 22.3 Å². The fraction of sp³-hybridized carbons (Fsp3) is 0.135. The van der Waals surface area contributed by atoms with E-state index in [1.54, 1.807) is 12.1 Å². The van der Waals surface area contributed by atoms with E-state index < -0.39 is 12.0 Å². The van der Waals surface area contributed by atoms with Gasteiger partial charge in [0.2, 0.25) is 0 Å². The number of nitrogens with zero attached hydrogens (tertiary/aromatic N) is 1. The van der Waals surface area contributed by atoms with E-state index in [0.29, 0.717) is 28.4 Å². The molecule has 0 fully saturated rings. The topological polar surface area (TPSA) is 78.9 Å². The molecule has 1 atom stereocenters. The van der Waals surface area contributed by atoms with Gasteiger partial charge in [0.25, 0.3) is 5.91 Å². The lowest BCUT2D eigenvalue weighted by Crippen LogP contribution is -2.34. The second kappa shape index (κ2) is 13.1. The fourth-order valence-corrected chi connectivity index (χ4v) is 5.81. The van der Waals surface area contributed by atoms with E-state index in [1.807, 2.05) is 97.1 Å². The number of ether oxygens (including phenoxy) is 1. The first-order chi connectivity index (χ1) is 21.4. The molecular formula is C37H31ClN2O4. The minimum atomic E-state index is -1.01. The highest BCUT2D eigenvalue weighted by molar-refractivity contribution is 6.31. The molecule has 220 valence electrons. The van der Waals surface area contributed by atoms with Crippen LogP contribution in [0.15, 0.2) is 121 Å². The zero-order chi connectivity index (χ0) is 30.5. The van der Waals surface area contributed by atoms with Crippen LogP contribution in [0.4, 0.5) is 5.69 Å². The van der Waals surface area contributed by atoms with Crippen molar-refractivity contribution in [2.24, 2.45) is 0 Å². The minimum Gasteiger partial charge on any atom is -0.481 e. The van der Waals surface area contributed by atoms with Crippen molar-refractivity contribution >= 4 is 29.2 Å². The molecule has 0 spiro atoms. The summed E-state index contributed by atoms with van der Waals surface area (Å²) in [5, 5.41) is 13.2. The van der Waals surface area contributed by atoms with Gasteiger partial charge in [-0.3, -0.25) is 9.59 Å². The average molecular weight is 603 g/mol. The van der Waals surface area contributed by atoms with Crippen molar-refractivity contribution in [3.63, 3.8) is 0 Å². The van der Waals surface area contributed by atoms with Gasteiger partial charge in [0, 0.05) is 29.4 Å². The highest BCUT2D eigenvalue weighted by atomic mass is 35.5. The Morgan fingerprint density at radius 1 is 0.841 bits per heavy atom. The van der Waals surface area contributed by atoms with Crippen molar-refractivity contribution < 1.29 is 19.4 Å². The molecule has 0 aromatic heterocycles. The predicted octanol–water partition coefficient (Wildman–Crippen LogP) is 8.31. The second-order valence-electron chi connectivity index (χ2n) is 10.8. The number of carbonyl (C=O) groups is 2. The number of hydrogen-bond acceptors (Lipinski definition) is 4. The SMILES string of the molecule is O=C(O)CC(NC(=O)c1cc(Cl)ccc1N1CCc2ccccc2C1)c1ccc(-c2ccccc2Oc2ccccc2)cc1. The Morgan fingerprint density at radius 3 is 2.32 bits per heavy atom. The lowest BCUT2D eigenvalue weighted by Gasteiger charge is -2.32. The highest BCUT2D eigenvalue weighted by Gasteiger charge is 2.25. The van der Waals surface area contributed by atoms with Crippen LogP contribution < -0.4 is 15.0 Å². The van der Waals surface area contributed by atoms with Crippen LogP contribution in [-0.4, -0.2) is 23.5 Å². The monoisotopic (exact) mass is 602 g/mol. The molecule has 0 bridgehead atoms. The molecule has 5 aromatic rings. The molecule has 6 rings (SSSR count). The number of nitrogens with one attached hydrogen (secondary N) is 1. The van der Waals surface area contributed by atoms with Crippen LogP contribution in [0.3, 0.4) is 0 Å². The Morgan fingerprint density at radius 2 is 1.55 bits per heavy atom. The van der Waals surface area contributed by atoms with Crippen molar-refractivity contribution in [1.29, 1.82) is 0 Å². The number of aliphatic carboxylic acids is 1. The summed E-state index contributed by atoms with van der Waals surface area (Å²) >= 11 is 6.36. The van der Waals surface area contributed by atoms with Crippen LogP contribution in [0.5, 0.6) is 11.5 Å². The molecule has 5 aromatic carbocycles. The Hall–Kier alpha value is -5.07. The molecule has 0 saturated heterocycles. The van der Waals surface area contributed by atoms with E-state index in [-0.39, 0.29) is 12.3 Å². The number of para-hydroxylation sites is 2. The van der Waals surface area contributed by atoms with Gasteiger partial charge in [0.1, 0.15) is 11.5 Å². The van der Waals surface area contributed by atoms with E-state index in [4.69, 9.17) is 16.3 Å².